The summed E-state index contributed by atoms with van der Waals surface area (Å²) in [6.07, 6.45) is 11.3. The van der Waals surface area contributed by atoms with E-state index in [2.05, 4.69) is 19.2 Å². The first-order chi connectivity index (χ1) is 15.6. The zero-order chi connectivity index (χ0) is 22.5. The average Bonchev–Trinajstić information content (AvgIpc) is 2.83. The molecule has 4 unspecified atom stereocenters. The Morgan fingerprint density at radius 1 is 1.00 bits per heavy atom. The van der Waals surface area contributed by atoms with Gasteiger partial charge in [0.2, 0.25) is 0 Å². The number of hydrogen-bond acceptors (Lipinski definition) is 3. The van der Waals surface area contributed by atoms with Crippen LogP contribution in [0.15, 0.2) is 67.8 Å². The molecule has 0 radical (unpaired) electrons. The van der Waals surface area contributed by atoms with Gasteiger partial charge >= 0.3 is 5.97 Å². The Labute approximate surface area is 189 Å². The molecule has 0 N–H and O–H groups in total. The van der Waals surface area contributed by atoms with Gasteiger partial charge in [-0.3, -0.25) is 0 Å². The van der Waals surface area contributed by atoms with Crippen molar-refractivity contribution >= 4 is 5.97 Å². The molecule has 0 aliphatic heterocycles. The van der Waals surface area contributed by atoms with Gasteiger partial charge in [0.15, 0.2) is 11.6 Å². The Morgan fingerprint density at radius 3 is 2.47 bits per heavy atom. The van der Waals surface area contributed by atoms with Gasteiger partial charge in [-0.15, -0.1) is 6.58 Å². The molecule has 2 saturated carbocycles. The van der Waals surface area contributed by atoms with Gasteiger partial charge in [0.05, 0.1) is 5.56 Å². The predicted molar refractivity (Wildman–Crippen MR) is 125 cm³/mol. The number of carbonyl (C=O) groups excluding carboxylic acids is 1. The Morgan fingerprint density at radius 2 is 1.75 bits per heavy atom. The summed E-state index contributed by atoms with van der Waals surface area (Å²) in [4.78, 5) is 12.5. The summed E-state index contributed by atoms with van der Waals surface area (Å²) in [7, 11) is 0. The molecule has 0 aromatic heterocycles. The minimum absolute atomic E-state index is 0.0988. The number of benzene rings is 2. The summed E-state index contributed by atoms with van der Waals surface area (Å²) in [6.45, 7) is 7.73. The summed E-state index contributed by atoms with van der Waals surface area (Å²) in [5.74, 6) is 2.07. The van der Waals surface area contributed by atoms with Crippen LogP contribution in [0.4, 0.5) is 4.39 Å². The number of rotatable bonds is 7. The Bertz CT molecular complexity index is 965. The van der Waals surface area contributed by atoms with Crippen LogP contribution in [0.5, 0.6) is 11.5 Å². The minimum atomic E-state index is -0.578. The van der Waals surface area contributed by atoms with Crippen molar-refractivity contribution in [1.82, 2.24) is 0 Å². The Balaban J connectivity index is 1.35. The van der Waals surface area contributed by atoms with E-state index in [4.69, 9.17) is 9.47 Å². The van der Waals surface area contributed by atoms with Crippen LogP contribution in [0.1, 0.15) is 60.4 Å². The van der Waals surface area contributed by atoms with Gasteiger partial charge in [-0.25, -0.2) is 9.18 Å². The SMILES string of the molecule is C=CCOc1ccc(OC(=O)c2ccc(C3CCC4CC(C=C)CCC4C3)cc2)cc1F. The Hall–Kier alpha value is -2.88. The standard InChI is InChI=1S/C28H31FO3/c1-3-15-31-27-14-13-25(18-26(27)29)32-28(30)21-9-7-20(8-10-21)23-12-11-22-16-19(4-2)5-6-24(22)17-23/h3-4,7-10,13-14,18-19,22-24H,1-2,5-6,11-12,15-17H2. The number of allylic oxidation sites excluding steroid dienone is 1. The lowest BCUT2D eigenvalue weighted by Gasteiger charge is -2.41. The molecule has 2 fully saturated rings. The van der Waals surface area contributed by atoms with Crippen molar-refractivity contribution in [1.29, 1.82) is 0 Å². The third-order valence-electron chi connectivity index (χ3n) is 7.08. The van der Waals surface area contributed by atoms with Gasteiger partial charge in [0.25, 0.3) is 0 Å². The molecule has 0 amide bonds. The smallest absolute Gasteiger partial charge is 0.343 e. The normalized spacial score (nSPS) is 24.8. The predicted octanol–water partition coefficient (Wildman–Crippen LogP) is 7.10. The maximum atomic E-state index is 14.1. The number of hydrogen-bond donors (Lipinski definition) is 0. The highest BCUT2D eigenvalue weighted by Gasteiger charge is 2.35. The molecule has 3 nitrogen and oxygen atoms in total. The highest BCUT2D eigenvalue weighted by atomic mass is 19.1. The first-order valence-electron chi connectivity index (χ1n) is 11.5. The van der Waals surface area contributed by atoms with Crippen LogP contribution in [-0.4, -0.2) is 12.6 Å². The van der Waals surface area contributed by atoms with E-state index in [-0.39, 0.29) is 18.1 Å². The van der Waals surface area contributed by atoms with E-state index < -0.39 is 11.8 Å². The molecule has 4 atom stereocenters. The van der Waals surface area contributed by atoms with Gasteiger partial charge in [-0.1, -0.05) is 30.9 Å². The number of esters is 1. The number of halogens is 1. The fourth-order valence-corrected chi connectivity index (χ4v) is 5.31. The van der Waals surface area contributed by atoms with Crippen molar-refractivity contribution in [3.05, 3.63) is 84.7 Å². The molecule has 0 bridgehead atoms. The highest BCUT2D eigenvalue weighted by Crippen LogP contribution is 2.47. The van der Waals surface area contributed by atoms with E-state index in [1.165, 1.54) is 62.3 Å². The third kappa shape index (κ3) is 5.12. The molecule has 32 heavy (non-hydrogen) atoms. The van der Waals surface area contributed by atoms with Gasteiger partial charge in [-0.05, 0) is 92.0 Å². The van der Waals surface area contributed by atoms with Gasteiger partial charge < -0.3 is 9.47 Å². The van der Waals surface area contributed by atoms with E-state index in [1.807, 2.05) is 24.3 Å². The first-order valence-corrected chi connectivity index (χ1v) is 11.5. The van der Waals surface area contributed by atoms with E-state index in [9.17, 15) is 9.18 Å². The number of fused-ring (bicyclic) bond motifs is 1. The third-order valence-corrected chi connectivity index (χ3v) is 7.08. The zero-order valence-electron chi connectivity index (χ0n) is 18.5. The maximum absolute atomic E-state index is 14.1. The molecular weight excluding hydrogens is 403 g/mol. The summed E-state index contributed by atoms with van der Waals surface area (Å²) in [5, 5.41) is 0. The van der Waals surface area contributed by atoms with Gasteiger partial charge in [-0.2, -0.15) is 0 Å². The fourth-order valence-electron chi connectivity index (χ4n) is 5.31. The Kier molecular flexibility index (Phi) is 7.09. The first kappa shape index (κ1) is 22.3. The van der Waals surface area contributed by atoms with E-state index >= 15 is 0 Å². The van der Waals surface area contributed by atoms with Crippen molar-refractivity contribution < 1.29 is 18.7 Å². The summed E-state index contributed by atoms with van der Waals surface area (Å²) >= 11 is 0. The second-order valence-corrected chi connectivity index (χ2v) is 9.04. The van der Waals surface area contributed by atoms with Crippen LogP contribution in [0.25, 0.3) is 0 Å². The van der Waals surface area contributed by atoms with Gasteiger partial charge in [0.1, 0.15) is 12.4 Å². The highest BCUT2D eigenvalue weighted by molar-refractivity contribution is 5.91. The van der Waals surface area contributed by atoms with Crippen LogP contribution in [0.2, 0.25) is 0 Å². The maximum Gasteiger partial charge on any atom is 0.343 e. The molecule has 0 spiro atoms. The molecular formula is C28H31FO3. The van der Waals surface area contributed by atoms with Crippen molar-refractivity contribution in [3.8, 4) is 11.5 Å². The van der Waals surface area contributed by atoms with Crippen LogP contribution < -0.4 is 9.47 Å². The zero-order valence-corrected chi connectivity index (χ0v) is 18.5. The van der Waals surface area contributed by atoms with Crippen LogP contribution >= 0.6 is 0 Å². The second-order valence-electron chi connectivity index (χ2n) is 9.04. The van der Waals surface area contributed by atoms with Crippen molar-refractivity contribution in [2.24, 2.45) is 17.8 Å². The lowest BCUT2D eigenvalue weighted by Crippen LogP contribution is -2.29. The van der Waals surface area contributed by atoms with Crippen molar-refractivity contribution in [2.45, 2.75) is 44.4 Å². The van der Waals surface area contributed by atoms with Crippen LogP contribution in [0, 0.1) is 23.6 Å². The molecule has 168 valence electrons. The molecule has 2 aromatic carbocycles. The van der Waals surface area contributed by atoms with E-state index in [1.54, 1.807) is 0 Å². The monoisotopic (exact) mass is 434 g/mol. The van der Waals surface area contributed by atoms with Crippen molar-refractivity contribution in [3.63, 3.8) is 0 Å². The summed E-state index contributed by atoms with van der Waals surface area (Å²) in [5.41, 5.74) is 1.75. The average molecular weight is 435 g/mol. The molecule has 2 aliphatic carbocycles. The number of ether oxygens (including phenoxy) is 2. The fraction of sp³-hybridized carbons (Fsp3) is 0.393. The minimum Gasteiger partial charge on any atom is -0.486 e. The van der Waals surface area contributed by atoms with E-state index in [0.29, 0.717) is 17.4 Å². The lowest BCUT2D eigenvalue weighted by molar-refractivity contribution is 0.0734. The molecule has 4 rings (SSSR count). The van der Waals surface area contributed by atoms with Crippen molar-refractivity contribution in [2.75, 3.05) is 6.61 Å². The summed E-state index contributed by atoms with van der Waals surface area (Å²) < 4.78 is 24.7. The molecule has 4 heteroatoms. The van der Waals surface area contributed by atoms with Crippen LogP contribution in [-0.2, 0) is 0 Å². The molecule has 2 aliphatic rings. The topological polar surface area (TPSA) is 35.5 Å². The molecule has 0 heterocycles. The van der Waals surface area contributed by atoms with Gasteiger partial charge in [0, 0.05) is 6.07 Å². The van der Waals surface area contributed by atoms with Crippen LogP contribution in [0.3, 0.4) is 0 Å². The lowest BCUT2D eigenvalue weighted by atomic mass is 9.64. The molecule has 0 saturated heterocycles. The quantitative estimate of drug-likeness (QED) is 0.265. The number of carbonyl (C=O) groups is 1. The summed E-state index contributed by atoms with van der Waals surface area (Å²) in [6, 6.07) is 11.8. The largest absolute Gasteiger partial charge is 0.486 e. The molecule has 2 aromatic rings. The second kappa shape index (κ2) is 10.2. The van der Waals surface area contributed by atoms with E-state index in [0.717, 1.165) is 17.9 Å².